The molecule has 0 aliphatic rings. The molecule has 4 nitrogen and oxygen atoms in total. The molecule has 0 saturated heterocycles. The van der Waals surface area contributed by atoms with E-state index in [1.165, 1.54) is 0 Å². The molecule has 0 aliphatic heterocycles. The van der Waals surface area contributed by atoms with Crippen LogP contribution in [-0.2, 0) is 13.6 Å². The van der Waals surface area contributed by atoms with E-state index < -0.39 is 0 Å². The van der Waals surface area contributed by atoms with Gasteiger partial charge in [0.1, 0.15) is 5.82 Å². The summed E-state index contributed by atoms with van der Waals surface area (Å²) in [6, 6.07) is 18.3. The number of aryl methyl sites for hydroxylation is 1. The van der Waals surface area contributed by atoms with E-state index in [4.69, 9.17) is 5.26 Å². The number of benzene rings is 2. The molecule has 1 aromatic heterocycles. The standard InChI is InChI=1S/C16H13N4/c1-20-15-5-3-2-4-14(15)19-16(20)11-18-13-8-6-12(10-17)7-9-13/h3-9,18H,11H2,1H3. The van der Waals surface area contributed by atoms with Gasteiger partial charge in [0.2, 0.25) is 0 Å². The molecule has 0 fully saturated rings. The van der Waals surface area contributed by atoms with Gasteiger partial charge in [-0.05, 0) is 42.5 Å². The first kappa shape index (κ1) is 12.2. The Morgan fingerprint density at radius 3 is 2.80 bits per heavy atom. The van der Waals surface area contributed by atoms with Crippen LogP contribution in [-0.4, -0.2) is 9.55 Å². The highest BCUT2D eigenvalue weighted by molar-refractivity contribution is 5.75. The average Bonchev–Trinajstić information content (AvgIpc) is 2.83. The largest absolute Gasteiger partial charge is 0.378 e. The number of nitriles is 1. The van der Waals surface area contributed by atoms with Crippen molar-refractivity contribution < 1.29 is 0 Å². The molecule has 97 valence electrons. The fraction of sp³-hybridized carbons (Fsp3) is 0.125. The van der Waals surface area contributed by atoms with Gasteiger partial charge in [-0.2, -0.15) is 5.26 Å². The van der Waals surface area contributed by atoms with E-state index in [2.05, 4.69) is 27.0 Å². The first-order valence-corrected chi connectivity index (χ1v) is 6.33. The SMILES string of the molecule is Cn1c(CNc2ccc(C#N)cc2)nc2c[c]ccc21. The lowest BCUT2D eigenvalue weighted by molar-refractivity contribution is 0.834. The molecule has 1 radical (unpaired) electrons. The van der Waals surface area contributed by atoms with Crippen molar-refractivity contribution in [3.8, 4) is 6.07 Å². The van der Waals surface area contributed by atoms with Crippen LogP contribution in [0.4, 0.5) is 5.69 Å². The van der Waals surface area contributed by atoms with E-state index in [1.807, 2.05) is 37.4 Å². The summed E-state index contributed by atoms with van der Waals surface area (Å²) in [6.45, 7) is 0.636. The van der Waals surface area contributed by atoms with Crippen molar-refractivity contribution in [3.05, 3.63) is 59.9 Å². The molecule has 20 heavy (non-hydrogen) atoms. The van der Waals surface area contributed by atoms with Crippen molar-refractivity contribution in [2.24, 2.45) is 7.05 Å². The van der Waals surface area contributed by atoms with Crippen molar-refractivity contribution in [1.29, 1.82) is 5.26 Å². The normalized spacial score (nSPS) is 10.4. The molecule has 4 heteroatoms. The summed E-state index contributed by atoms with van der Waals surface area (Å²) < 4.78 is 2.07. The van der Waals surface area contributed by atoms with Gasteiger partial charge in [0.15, 0.2) is 0 Å². The van der Waals surface area contributed by atoms with Crippen molar-refractivity contribution in [2.75, 3.05) is 5.32 Å². The lowest BCUT2D eigenvalue weighted by Gasteiger charge is -2.06. The Kier molecular flexibility index (Phi) is 3.10. The van der Waals surface area contributed by atoms with Crippen LogP contribution in [0.3, 0.4) is 0 Å². The molecule has 0 bridgehead atoms. The third-order valence-corrected chi connectivity index (χ3v) is 3.28. The van der Waals surface area contributed by atoms with Crippen LogP contribution in [0.1, 0.15) is 11.4 Å². The van der Waals surface area contributed by atoms with Gasteiger partial charge in [-0.25, -0.2) is 4.98 Å². The van der Waals surface area contributed by atoms with Gasteiger partial charge in [0.25, 0.3) is 0 Å². The number of hydrogen-bond donors (Lipinski definition) is 1. The van der Waals surface area contributed by atoms with Gasteiger partial charge in [0.05, 0.1) is 29.2 Å². The summed E-state index contributed by atoms with van der Waals surface area (Å²) in [5, 5.41) is 12.1. The van der Waals surface area contributed by atoms with Gasteiger partial charge in [0, 0.05) is 12.7 Å². The Morgan fingerprint density at radius 2 is 2.10 bits per heavy atom. The van der Waals surface area contributed by atoms with Crippen LogP contribution < -0.4 is 5.32 Å². The van der Waals surface area contributed by atoms with E-state index in [-0.39, 0.29) is 0 Å². The second kappa shape index (κ2) is 5.06. The fourth-order valence-electron chi connectivity index (χ4n) is 2.14. The van der Waals surface area contributed by atoms with Gasteiger partial charge < -0.3 is 9.88 Å². The highest BCUT2D eigenvalue weighted by Crippen LogP contribution is 2.15. The first-order valence-electron chi connectivity index (χ1n) is 6.33. The predicted octanol–water partition coefficient (Wildman–Crippen LogP) is 2.86. The molecule has 0 saturated carbocycles. The lowest BCUT2D eigenvalue weighted by atomic mass is 10.2. The number of anilines is 1. The van der Waals surface area contributed by atoms with Crippen LogP contribution in [0, 0.1) is 17.4 Å². The quantitative estimate of drug-likeness (QED) is 0.788. The summed E-state index contributed by atoms with van der Waals surface area (Å²) in [5.74, 6) is 0.962. The molecule has 2 aromatic carbocycles. The van der Waals surface area contributed by atoms with Crippen molar-refractivity contribution in [2.45, 2.75) is 6.54 Å². The number of nitrogens with zero attached hydrogens (tertiary/aromatic N) is 3. The fourth-order valence-corrected chi connectivity index (χ4v) is 2.14. The highest BCUT2D eigenvalue weighted by atomic mass is 15.1. The van der Waals surface area contributed by atoms with E-state index in [1.54, 1.807) is 12.1 Å². The minimum atomic E-state index is 0.636. The number of aromatic nitrogens is 2. The second-order valence-corrected chi connectivity index (χ2v) is 4.54. The number of hydrogen-bond acceptors (Lipinski definition) is 3. The third kappa shape index (κ3) is 2.21. The van der Waals surface area contributed by atoms with Crippen molar-refractivity contribution in [3.63, 3.8) is 0 Å². The number of imidazole rings is 1. The molecule has 0 aliphatic carbocycles. The maximum Gasteiger partial charge on any atom is 0.128 e. The summed E-state index contributed by atoms with van der Waals surface area (Å²) >= 11 is 0. The second-order valence-electron chi connectivity index (χ2n) is 4.54. The minimum Gasteiger partial charge on any atom is -0.378 e. The zero-order chi connectivity index (χ0) is 13.9. The third-order valence-electron chi connectivity index (χ3n) is 3.28. The monoisotopic (exact) mass is 261 g/mol. The van der Waals surface area contributed by atoms with Crippen molar-refractivity contribution >= 4 is 16.7 Å². The maximum absolute atomic E-state index is 8.77. The smallest absolute Gasteiger partial charge is 0.128 e. The Morgan fingerprint density at radius 1 is 1.30 bits per heavy atom. The zero-order valence-electron chi connectivity index (χ0n) is 11.1. The average molecular weight is 261 g/mol. The first-order chi connectivity index (χ1) is 9.78. The zero-order valence-corrected chi connectivity index (χ0v) is 11.1. The van der Waals surface area contributed by atoms with E-state index in [9.17, 15) is 0 Å². The van der Waals surface area contributed by atoms with E-state index in [0.717, 1.165) is 22.5 Å². The van der Waals surface area contributed by atoms with E-state index in [0.29, 0.717) is 12.1 Å². The topological polar surface area (TPSA) is 53.6 Å². The molecule has 0 atom stereocenters. The predicted molar refractivity (Wildman–Crippen MR) is 78.0 cm³/mol. The number of fused-ring (bicyclic) bond motifs is 1. The summed E-state index contributed by atoms with van der Waals surface area (Å²) in [5.41, 5.74) is 3.68. The minimum absolute atomic E-state index is 0.636. The Balaban J connectivity index is 1.79. The van der Waals surface area contributed by atoms with Crippen LogP contribution in [0.25, 0.3) is 11.0 Å². The molecule has 3 rings (SSSR count). The van der Waals surface area contributed by atoms with Crippen molar-refractivity contribution in [1.82, 2.24) is 9.55 Å². The Bertz CT molecular complexity index is 778. The Hall–Kier alpha value is -2.80. The molecule has 0 spiro atoms. The molecule has 0 unspecified atom stereocenters. The molecule has 0 amide bonds. The Labute approximate surface area is 117 Å². The van der Waals surface area contributed by atoms with Gasteiger partial charge in [-0.1, -0.05) is 6.07 Å². The lowest BCUT2D eigenvalue weighted by Crippen LogP contribution is -2.05. The van der Waals surface area contributed by atoms with Crippen LogP contribution >= 0.6 is 0 Å². The maximum atomic E-state index is 8.77. The van der Waals surface area contributed by atoms with Crippen LogP contribution in [0.15, 0.2) is 42.5 Å². The van der Waals surface area contributed by atoms with Gasteiger partial charge in [-0.15, -0.1) is 0 Å². The van der Waals surface area contributed by atoms with Gasteiger partial charge >= 0.3 is 0 Å². The van der Waals surface area contributed by atoms with E-state index >= 15 is 0 Å². The molecule has 1 N–H and O–H groups in total. The van der Waals surface area contributed by atoms with Gasteiger partial charge in [-0.3, -0.25) is 0 Å². The molecular weight excluding hydrogens is 248 g/mol. The number of nitrogens with one attached hydrogen (secondary N) is 1. The number of rotatable bonds is 3. The van der Waals surface area contributed by atoms with Crippen LogP contribution in [0.2, 0.25) is 0 Å². The highest BCUT2D eigenvalue weighted by Gasteiger charge is 2.06. The summed E-state index contributed by atoms with van der Waals surface area (Å²) in [7, 11) is 2.01. The van der Waals surface area contributed by atoms with Crippen LogP contribution in [0.5, 0.6) is 0 Å². The summed E-state index contributed by atoms with van der Waals surface area (Å²) in [4.78, 5) is 4.58. The molecular formula is C16H13N4. The molecule has 1 heterocycles. The summed E-state index contributed by atoms with van der Waals surface area (Å²) in [6.07, 6.45) is 0. The molecule has 3 aromatic rings.